The average Bonchev–Trinajstić information content (AvgIpc) is 2.65. The lowest BCUT2D eigenvalue weighted by molar-refractivity contribution is -0.148. The Hall–Kier alpha value is -0.940. The van der Waals surface area contributed by atoms with Gasteiger partial charge >= 0.3 is 5.97 Å². The Balaban J connectivity index is 3.32. The Bertz CT molecular complexity index is 343. The molecule has 5 nitrogen and oxygen atoms in total. The Labute approximate surface area is 159 Å². The summed E-state index contributed by atoms with van der Waals surface area (Å²) in [5, 5.41) is 17.7. The highest BCUT2D eigenvalue weighted by atomic mass is 16.5. The highest BCUT2D eigenvalue weighted by Gasteiger charge is 2.10. The number of carbonyl (C=O) groups excluding carboxylic acids is 2. The first kappa shape index (κ1) is 25.1. The quantitative estimate of drug-likeness (QED) is 0.260. The Morgan fingerprint density at radius 3 is 1.77 bits per heavy atom. The summed E-state index contributed by atoms with van der Waals surface area (Å²) in [5.41, 5.74) is 0. The fourth-order valence-corrected chi connectivity index (χ4v) is 2.84. The van der Waals surface area contributed by atoms with E-state index >= 15 is 0 Å². The standard InChI is InChI=1S/C21H40O5/c1-2-3-4-5-6-7-8-9-10-11-12-13-14-19(23)15-16-21(25)26-18-20(24)17-22/h20,22,24H,2-18H2,1H3/t20-/m1/s1. The molecule has 0 amide bonds. The van der Waals surface area contributed by atoms with E-state index in [9.17, 15) is 9.59 Å². The van der Waals surface area contributed by atoms with Crippen molar-refractivity contribution in [3.05, 3.63) is 0 Å². The Morgan fingerprint density at radius 2 is 1.27 bits per heavy atom. The predicted octanol–water partition coefficient (Wildman–Crippen LogP) is 4.32. The van der Waals surface area contributed by atoms with E-state index in [2.05, 4.69) is 6.92 Å². The molecule has 0 aromatic rings. The first-order chi connectivity index (χ1) is 12.6. The van der Waals surface area contributed by atoms with Crippen molar-refractivity contribution in [1.82, 2.24) is 0 Å². The van der Waals surface area contributed by atoms with Crippen molar-refractivity contribution in [2.75, 3.05) is 13.2 Å². The number of Topliss-reactive ketones (excluding diaryl/α,β-unsaturated/α-hetero) is 1. The van der Waals surface area contributed by atoms with Crippen molar-refractivity contribution >= 4 is 11.8 Å². The van der Waals surface area contributed by atoms with Crippen LogP contribution >= 0.6 is 0 Å². The zero-order chi connectivity index (χ0) is 19.5. The molecule has 26 heavy (non-hydrogen) atoms. The molecule has 0 aliphatic rings. The van der Waals surface area contributed by atoms with Crippen LogP contribution in [0.4, 0.5) is 0 Å². The molecular weight excluding hydrogens is 332 g/mol. The lowest BCUT2D eigenvalue weighted by Gasteiger charge is -2.08. The van der Waals surface area contributed by atoms with Gasteiger partial charge < -0.3 is 14.9 Å². The molecule has 0 unspecified atom stereocenters. The molecule has 0 heterocycles. The van der Waals surface area contributed by atoms with E-state index < -0.39 is 18.7 Å². The summed E-state index contributed by atoms with van der Waals surface area (Å²) >= 11 is 0. The molecule has 0 aromatic heterocycles. The van der Waals surface area contributed by atoms with E-state index in [0.717, 1.165) is 12.8 Å². The summed E-state index contributed by atoms with van der Waals surface area (Å²) in [6.07, 6.45) is 14.9. The zero-order valence-corrected chi connectivity index (χ0v) is 16.7. The molecule has 154 valence electrons. The number of hydrogen-bond donors (Lipinski definition) is 2. The summed E-state index contributed by atoms with van der Waals surface area (Å²) in [6.45, 7) is 1.59. The number of aliphatic hydroxyl groups excluding tert-OH is 2. The fourth-order valence-electron chi connectivity index (χ4n) is 2.84. The van der Waals surface area contributed by atoms with Gasteiger partial charge in [-0.15, -0.1) is 0 Å². The summed E-state index contributed by atoms with van der Waals surface area (Å²) in [4.78, 5) is 23.1. The van der Waals surface area contributed by atoms with Crippen LogP contribution in [0.5, 0.6) is 0 Å². The number of esters is 1. The van der Waals surface area contributed by atoms with Gasteiger partial charge in [0.1, 0.15) is 18.5 Å². The maximum atomic E-state index is 11.7. The van der Waals surface area contributed by atoms with Crippen LogP contribution in [0.25, 0.3) is 0 Å². The predicted molar refractivity (Wildman–Crippen MR) is 104 cm³/mol. The van der Waals surface area contributed by atoms with E-state index in [-0.39, 0.29) is 25.2 Å². The zero-order valence-electron chi connectivity index (χ0n) is 16.7. The van der Waals surface area contributed by atoms with E-state index in [1.54, 1.807) is 0 Å². The van der Waals surface area contributed by atoms with Crippen LogP contribution in [0, 0.1) is 0 Å². The number of unbranched alkanes of at least 4 members (excludes halogenated alkanes) is 11. The monoisotopic (exact) mass is 372 g/mol. The third-order valence-electron chi connectivity index (χ3n) is 4.56. The molecule has 0 aliphatic carbocycles. The minimum absolute atomic E-state index is 0.0508. The second-order valence-electron chi connectivity index (χ2n) is 7.20. The summed E-state index contributed by atoms with van der Waals surface area (Å²) in [6, 6.07) is 0. The number of hydrogen-bond acceptors (Lipinski definition) is 5. The van der Waals surface area contributed by atoms with Gasteiger partial charge in [-0.05, 0) is 6.42 Å². The molecule has 5 heteroatoms. The van der Waals surface area contributed by atoms with Crippen molar-refractivity contribution in [2.45, 2.75) is 109 Å². The molecule has 0 aliphatic heterocycles. The Kier molecular flexibility index (Phi) is 18.2. The largest absolute Gasteiger partial charge is 0.463 e. The second kappa shape index (κ2) is 18.8. The smallest absolute Gasteiger partial charge is 0.306 e. The number of aliphatic hydroxyl groups is 2. The number of carbonyl (C=O) groups is 2. The van der Waals surface area contributed by atoms with Crippen LogP contribution in [-0.2, 0) is 14.3 Å². The van der Waals surface area contributed by atoms with E-state index in [4.69, 9.17) is 14.9 Å². The second-order valence-corrected chi connectivity index (χ2v) is 7.20. The number of rotatable bonds is 19. The molecule has 0 spiro atoms. The van der Waals surface area contributed by atoms with Gasteiger partial charge in [-0.3, -0.25) is 9.59 Å². The molecule has 0 saturated heterocycles. The molecule has 0 saturated carbocycles. The first-order valence-corrected chi connectivity index (χ1v) is 10.6. The first-order valence-electron chi connectivity index (χ1n) is 10.6. The maximum Gasteiger partial charge on any atom is 0.306 e. The highest BCUT2D eigenvalue weighted by molar-refractivity contribution is 5.82. The van der Waals surface area contributed by atoms with Crippen molar-refractivity contribution in [2.24, 2.45) is 0 Å². The van der Waals surface area contributed by atoms with Crippen LogP contribution < -0.4 is 0 Å². The molecule has 1 atom stereocenters. The minimum atomic E-state index is -1.05. The summed E-state index contributed by atoms with van der Waals surface area (Å²) in [5.74, 6) is -0.405. The molecule has 0 rings (SSSR count). The minimum Gasteiger partial charge on any atom is -0.463 e. The van der Waals surface area contributed by atoms with Crippen LogP contribution in [-0.4, -0.2) is 41.3 Å². The van der Waals surface area contributed by atoms with Gasteiger partial charge in [0.05, 0.1) is 13.0 Å². The topological polar surface area (TPSA) is 83.8 Å². The number of ketones is 1. The van der Waals surface area contributed by atoms with Crippen molar-refractivity contribution < 1.29 is 24.5 Å². The molecule has 2 N–H and O–H groups in total. The molecule has 0 fully saturated rings. The summed E-state index contributed by atoms with van der Waals surface area (Å²) in [7, 11) is 0. The maximum absolute atomic E-state index is 11.7. The van der Waals surface area contributed by atoms with Gasteiger partial charge in [0, 0.05) is 12.8 Å². The normalized spacial score (nSPS) is 12.1. The average molecular weight is 373 g/mol. The van der Waals surface area contributed by atoms with Gasteiger partial charge in [-0.1, -0.05) is 77.6 Å². The molecular formula is C21H40O5. The van der Waals surface area contributed by atoms with Gasteiger partial charge in [0.15, 0.2) is 0 Å². The third kappa shape index (κ3) is 17.9. The van der Waals surface area contributed by atoms with Crippen LogP contribution in [0.2, 0.25) is 0 Å². The van der Waals surface area contributed by atoms with Crippen molar-refractivity contribution in [3.63, 3.8) is 0 Å². The lowest BCUT2D eigenvalue weighted by atomic mass is 10.0. The van der Waals surface area contributed by atoms with E-state index in [0.29, 0.717) is 6.42 Å². The van der Waals surface area contributed by atoms with Gasteiger partial charge in [0.25, 0.3) is 0 Å². The van der Waals surface area contributed by atoms with Gasteiger partial charge in [0.2, 0.25) is 0 Å². The number of ether oxygens (including phenoxy) is 1. The molecule has 0 radical (unpaired) electrons. The SMILES string of the molecule is CCCCCCCCCCCCCCC(=O)CCC(=O)OC[C@H](O)CO. The van der Waals surface area contributed by atoms with Crippen molar-refractivity contribution in [1.29, 1.82) is 0 Å². The van der Waals surface area contributed by atoms with Gasteiger partial charge in [-0.2, -0.15) is 0 Å². The fraction of sp³-hybridized carbons (Fsp3) is 0.905. The van der Waals surface area contributed by atoms with Crippen LogP contribution in [0.15, 0.2) is 0 Å². The van der Waals surface area contributed by atoms with Crippen LogP contribution in [0.1, 0.15) is 103 Å². The molecule has 0 aromatic carbocycles. The van der Waals surface area contributed by atoms with Crippen LogP contribution in [0.3, 0.4) is 0 Å². The highest BCUT2D eigenvalue weighted by Crippen LogP contribution is 2.13. The van der Waals surface area contributed by atoms with E-state index in [1.807, 2.05) is 0 Å². The third-order valence-corrected chi connectivity index (χ3v) is 4.56. The Morgan fingerprint density at radius 1 is 0.769 bits per heavy atom. The lowest BCUT2D eigenvalue weighted by Crippen LogP contribution is -2.22. The van der Waals surface area contributed by atoms with Gasteiger partial charge in [-0.25, -0.2) is 0 Å². The summed E-state index contributed by atoms with van der Waals surface area (Å²) < 4.78 is 4.76. The van der Waals surface area contributed by atoms with Crippen molar-refractivity contribution in [3.8, 4) is 0 Å². The molecule has 0 bridgehead atoms. The van der Waals surface area contributed by atoms with E-state index in [1.165, 1.54) is 64.2 Å².